The Balaban J connectivity index is 1.75. The molecule has 0 fully saturated rings. The van der Waals surface area contributed by atoms with Crippen LogP contribution in [0.25, 0.3) is 0 Å². The normalized spacial score (nSPS) is 10.5. The van der Waals surface area contributed by atoms with Gasteiger partial charge in [-0.1, -0.05) is 28.1 Å². The Bertz CT molecular complexity index is 508. The van der Waals surface area contributed by atoms with Crippen molar-refractivity contribution in [2.45, 2.75) is 17.7 Å². The average Bonchev–Trinajstić information content (AvgIpc) is 2.87. The zero-order valence-corrected chi connectivity index (χ0v) is 13.0. The Morgan fingerprint density at radius 2 is 2.17 bits per heavy atom. The van der Waals surface area contributed by atoms with Crippen LogP contribution in [0.3, 0.4) is 0 Å². The number of benzene rings is 1. The third-order valence-electron chi connectivity index (χ3n) is 2.43. The van der Waals surface area contributed by atoms with Gasteiger partial charge in [-0.25, -0.2) is 0 Å². The van der Waals surface area contributed by atoms with Crippen LogP contribution >= 0.6 is 39.0 Å². The summed E-state index contributed by atoms with van der Waals surface area (Å²) in [6, 6.07) is 12.2. The van der Waals surface area contributed by atoms with E-state index in [1.165, 1.54) is 4.88 Å². The summed E-state index contributed by atoms with van der Waals surface area (Å²) >= 11 is 6.75. The molecule has 0 radical (unpaired) electrons. The molecule has 0 aliphatic carbocycles. The Hall–Kier alpha value is -0.580. The van der Waals surface area contributed by atoms with Gasteiger partial charge in [-0.15, -0.1) is 23.1 Å². The second-order valence-corrected chi connectivity index (χ2v) is 6.86. The highest BCUT2D eigenvalue weighted by Gasteiger charge is 2.05. The molecule has 0 unspecified atom stereocenters. The van der Waals surface area contributed by atoms with Gasteiger partial charge in [-0.3, -0.25) is 4.79 Å². The quantitative estimate of drug-likeness (QED) is 0.702. The lowest BCUT2D eigenvalue weighted by molar-refractivity contribution is -0.116. The first-order chi connectivity index (χ1) is 8.74. The Labute approximate surface area is 124 Å². The first kappa shape index (κ1) is 13.8. The third-order valence-corrected chi connectivity index (χ3v) is 4.91. The number of thiophene rings is 1. The lowest BCUT2D eigenvalue weighted by Crippen LogP contribution is -2.02. The molecule has 0 aliphatic rings. The fraction of sp³-hybridized carbons (Fsp3) is 0.214. The van der Waals surface area contributed by atoms with E-state index >= 15 is 0 Å². The molecule has 94 valence electrons. The van der Waals surface area contributed by atoms with Gasteiger partial charge in [0.1, 0.15) is 5.78 Å². The van der Waals surface area contributed by atoms with Crippen molar-refractivity contribution < 1.29 is 4.79 Å². The number of halogens is 1. The van der Waals surface area contributed by atoms with E-state index in [0.717, 1.165) is 15.8 Å². The summed E-state index contributed by atoms with van der Waals surface area (Å²) < 4.78 is 1.05. The summed E-state index contributed by atoms with van der Waals surface area (Å²) in [7, 11) is 0. The van der Waals surface area contributed by atoms with Crippen LogP contribution in [0.15, 0.2) is 51.1 Å². The van der Waals surface area contributed by atoms with Crippen LogP contribution in [0.2, 0.25) is 0 Å². The summed E-state index contributed by atoms with van der Waals surface area (Å²) in [6.07, 6.45) is 1.51. The van der Waals surface area contributed by atoms with Gasteiger partial charge in [-0.2, -0.15) is 0 Å². The van der Waals surface area contributed by atoms with Gasteiger partial charge in [0, 0.05) is 20.7 Å². The largest absolute Gasteiger partial charge is 0.299 e. The van der Waals surface area contributed by atoms with Gasteiger partial charge in [-0.05, 0) is 36.1 Å². The van der Waals surface area contributed by atoms with Crippen molar-refractivity contribution in [2.24, 2.45) is 0 Å². The predicted molar refractivity (Wildman–Crippen MR) is 82.5 cm³/mol. The van der Waals surface area contributed by atoms with Gasteiger partial charge < -0.3 is 0 Å². The number of ketones is 1. The van der Waals surface area contributed by atoms with Crippen LogP contribution in [0.4, 0.5) is 0 Å². The Morgan fingerprint density at radius 1 is 1.28 bits per heavy atom. The smallest absolute Gasteiger partial charge is 0.143 e. The van der Waals surface area contributed by atoms with Crippen LogP contribution in [-0.4, -0.2) is 11.5 Å². The Kier molecular flexibility index (Phi) is 5.47. The highest BCUT2D eigenvalue weighted by Crippen LogP contribution is 2.22. The monoisotopic (exact) mass is 340 g/mol. The second kappa shape index (κ2) is 7.12. The fourth-order valence-corrected chi connectivity index (χ4v) is 3.63. The summed E-state index contributed by atoms with van der Waals surface area (Å²) in [6.45, 7) is 0. The van der Waals surface area contributed by atoms with E-state index in [-0.39, 0.29) is 0 Å². The highest BCUT2D eigenvalue weighted by molar-refractivity contribution is 9.10. The SMILES string of the molecule is O=C(CCc1cccs1)CSc1cccc(Br)c1. The Morgan fingerprint density at radius 3 is 2.89 bits per heavy atom. The molecule has 0 bridgehead atoms. The molecule has 1 nitrogen and oxygen atoms in total. The van der Waals surface area contributed by atoms with E-state index in [9.17, 15) is 4.79 Å². The molecule has 0 saturated carbocycles. The summed E-state index contributed by atoms with van der Waals surface area (Å²) in [4.78, 5) is 14.2. The first-order valence-corrected chi connectivity index (χ1v) is 8.32. The van der Waals surface area contributed by atoms with Crippen LogP contribution in [0.5, 0.6) is 0 Å². The highest BCUT2D eigenvalue weighted by atomic mass is 79.9. The number of aryl methyl sites for hydroxylation is 1. The number of carbonyl (C=O) groups excluding carboxylic acids is 1. The molecule has 1 aromatic heterocycles. The maximum Gasteiger partial charge on any atom is 0.143 e. The zero-order chi connectivity index (χ0) is 12.8. The second-order valence-electron chi connectivity index (χ2n) is 3.86. The minimum absolute atomic E-state index is 0.313. The van der Waals surface area contributed by atoms with Crippen LogP contribution in [-0.2, 0) is 11.2 Å². The molecule has 1 heterocycles. The van der Waals surface area contributed by atoms with E-state index < -0.39 is 0 Å². The predicted octanol–water partition coefficient (Wildman–Crippen LogP) is 4.80. The number of carbonyl (C=O) groups is 1. The van der Waals surface area contributed by atoms with Gasteiger partial charge in [0.25, 0.3) is 0 Å². The fourth-order valence-electron chi connectivity index (χ4n) is 1.51. The molecule has 0 N–H and O–H groups in total. The number of thioether (sulfide) groups is 1. The lowest BCUT2D eigenvalue weighted by Gasteiger charge is -2.01. The molecule has 0 amide bonds. The van der Waals surface area contributed by atoms with Gasteiger partial charge in [0.15, 0.2) is 0 Å². The average molecular weight is 341 g/mol. The molecule has 4 heteroatoms. The van der Waals surface area contributed by atoms with Crippen molar-refractivity contribution in [3.05, 3.63) is 51.1 Å². The molecule has 18 heavy (non-hydrogen) atoms. The molecule has 0 atom stereocenters. The van der Waals surface area contributed by atoms with Crippen LogP contribution in [0, 0.1) is 0 Å². The number of rotatable bonds is 6. The van der Waals surface area contributed by atoms with E-state index in [1.54, 1.807) is 23.1 Å². The first-order valence-electron chi connectivity index (χ1n) is 5.66. The van der Waals surface area contributed by atoms with Gasteiger partial charge >= 0.3 is 0 Å². The minimum atomic E-state index is 0.313. The summed E-state index contributed by atoms with van der Waals surface area (Å²) in [5, 5.41) is 2.05. The third kappa shape index (κ3) is 4.59. The van der Waals surface area contributed by atoms with Crippen molar-refractivity contribution in [3.63, 3.8) is 0 Å². The molecule has 1 aromatic carbocycles. The molecule has 0 spiro atoms. The number of hydrogen-bond acceptors (Lipinski definition) is 3. The van der Waals surface area contributed by atoms with Crippen molar-refractivity contribution in [1.82, 2.24) is 0 Å². The molecular formula is C14H13BrOS2. The van der Waals surface area contributed by atoms with Crippen LogP contribution < -0.4 is 0 Å². The van der Waals surface area contributed by atoms with Crippen molar-refractivity contribution >= 4 is 44.8 Å². The van der Waals surface area contributed by atoms with Crippen LogP contribution in [0.1, 0.15) is 11.3 Å². The van der Waals surface area contributed by atoms with E-state index in [2.05, 4.69) is 27.4 Å². The maximum atomic E-state index is 11.8. The van der Waals surface area contributed by atoms with Gasteiger partial charge in [0.05, 0.1) is 5.75 Å². The standard InChI is InChI=1S/C14H13BrOS2/c15-11-3-1-4-14(9-11)18-10-12(16)6-7-13-5-2-8-17-13/h1-5,8-9H,6-7,10H2. The van der Waals surface area contributed by atoms with Crippen molar-refractivity contribution in [2.75, 3.05) is 5.75 Å². The van der Waals surface area contributed by atoms with Crippen molar-refractivity contribution in [1.29, 1.82) is 0 Å². The molecule has 2 rings (SSSR count). The van der Waals surface area contributed by atoms with E-state index in [4.69, 9.17) is 0 Å². The lowest BCUT2D eigenvalue weighted by atomic mass is 10.2. The maximum absolute atomic E-state index is 11.8. The number of Topliss-reactive ketones (excluding diaryl/α,β-unsaturated/α-hetero) is 1. The molecule has 2 aromatic rings. The molecule has 0 saturated heterocycles. The van der Waals surface area contributed by atoms with E-state index in [1.807, 2.05) is 30.3 Å². The number of hydrogen-bond donors (Lipinski definition) is 0. The molecule has 0 aliphatic heterocycles. The van der Waals surface area contributed by atoms with Gasteiger partial charge in [0.2, 0.25) is 0 Å². The van der Waals surface area contributed by atoms with Crippen molar-refractivity contribution in [3.8, 4) is 0 Å². The topological polar surface area (TPSA) is 17.1 Å². The van der Waals surface area contributed by atoms with E-state index in [0.29, 0.717) is 18.0 Å². The minimum Gasteiger partial charge on any atom is -0.299 e. The summed E-state index contributed by atoms with van der Waals surface area (Å²) in [5.41, 5.74) is 0. The molecular weight excluding hydrogens is 328 g/mol. The summed E-state index contributed by atoms with van der Waals surface area (Å²) in [5.74, 6) is 0.871. The zero-order valence-electron chi connectivity index (χ0n) is 9.77.